The minimum atomic E-state index is -0.524. The summed E-state index contributed by atoms with van der Waals surface area (Å²) in [6.45, 7) is 3.14. The van der Waals surface area contributed by atoms with Gasteiger partial charge in [-0.1, -0.05) is 0 Å². The van der Waals surface area contributed by atoms with Crippen molar-refractivity contribution >= 4 is 5.97 Å². The number of hydrogen-bond donors (Lipinski definition) is 0. The van der Waals surface area contributed by atoms with Crippen LogP contribution in [0.15, 0.2) is 12.1 Å². The molecule has 1 heterocycles. The smallest absolute Gasteiger partial charge is 0.302 e. The fourth-order valence-corrected chi connectivity index (χ4v) is 0.891. The van der Waals surface area contributed by atoms with Crippen LogP contribution in [-0.4, -0.2) is 11.0 Å². The van der Waals surface area contributed by atoms with Crippen LogP contribution in [0.25, 0.3) is 0 Å². The number of carbonyl (C=O) groups excluding carboxylic acids is 1. The van der Waals surface area contributed by atoms with Crippen LogP contribution in [-0.2, 0) is 16.1 Å². The first-order valence-corrected chi connectivity index (χ1v) is 3.85. The number of esters is 1. The van der Waals surface area contributed by atoms with E-state index < -0.39 is 5.95 Å². The molecule has 13 heavy (non-hydrogen) atoms. The van der Waals surface area contributed by atoms with Crippen molar-refractivity contribution in [3.05, 3.63) is 29.3 Å². The molecule has 0 N–H and O–H groups in total. The predicted molar refractivity (Wildman–Crippen MR) is 44.4 cm³/mol. The molecular weight excluding hydrogens is 173 g/mol. The van der Waals surface area contributed by atoms with E-state index in [4.69, 9.17) is 4.74 Å². The third-order valence-corrected chi connectivity index (χ3v) is 1.59. The summed E-state index contributed by atoms with van der Waals surface area (Å²) in [5, 5.41) is 0. The van der Waals surface area contributed by atoms with E-state index in [-0.39, 0.29) is 12.6 Å². The fourth-order valence-electron chi connectivity index (χ4n) is 0.891. The maximum absolute atomic E-state index is 12.5. The van der Waals surface area contributed by atoms with Crippen LogP contribution in [0, 0.1) is 12.9 Å². The standard InChI is InChI=1S/C9H10FNO2/c1-6-8(5-13-7(2)12)3-4-9(10)11-6/h3-4H,5H2,1-2H3. The lowest BCUT2D eigenvalue weighted by atomic mass is 10.2. The molecule has 0 unspecified atom stereocenters. The molecule has 1 aromatic rings. The van der Waals surface area contributed by atoms with Gasteiger partial charge in [0.1, 0.15) is 6.61 Å². The molecule has 0 fully saturated rings. The van der Waals surface area contributed by atoms with Crippen molar-refractivity contribution in [3.8, 4) is 0 Å². The van der Waals surface area contributed by atoms with E-state index >= 15 is 0 Å². The molecule has 0 aliphatic rings. The highest BCUT2D eigenvalue weighted by atomic mass is 19.1. The molecule has 0 radical (unpaired) electrons. The molecular formula is C9H10FNO2. The monoisotopic (exact) mass is 183 g/mol. The van der Waals surface area contributed by atoms with Crippen LogP contribution < -0.4 is 0 Å². The Morgan fingerprint density at radius 3 is 2.85 bits per heavy atom. The number of rotatable bonds is 2. The van der Waals surface area contributed by atoms with Gasteiger partial charge in [-0.25, -0.2) is 4.98 Å². The van der Waals surface area contributed by atoms with Crippen LogP contribution in [0.2, 0.25) is 0 Å². The molecule has 1 rings (SSSR count). The van der Waals surface area contributed by atoms with Crippen molar-refractivity contribution in [3.63, 3.8) is 0 Å². The summed E-state index contributed by atoms with van der Waals surface area (Å²) in [5.41, 5.74) is 1.26. The Balaban J connectivity index is 2.72. The lowest BCUT2D eigenvalue weighted by molar-refractivity contribution is -0.142. The third-order valence-electron chi connectivity index (χ3n) is 1.59. The zero-order chi connectivity index (χ0) is 9.84. The van der Waals surface area contributed by atoms with Crippen LogP contribution >= 0.6 is 0 Å². The quantitative estimate of drug-likeness (QED) is 0.516. The topological polar surface area (TPSA) is 39.2 Å². The number of carbonyl (C=O) groups is 1. The van der Waals surface area contributed by atoms with E-state index in [1.807, 2.05) is 0 Å². The van der Waals surface area contributed by atoms with Crippen LogP contribution in [0.1, 0.15) is 18.2 Å². The van der Waals surface area contributed by atoms with Gasteiger partial charge in [0.05, 0.1) is 0 Å². The van der Waals surface area contributed by atoms with Gasteiger partial charge in [0.25, 0.3) is 0 Å². The SMILES string of the molecule is CC(=O)OCc1ccc(F)nc1C. The molecule has 0 aliphatic carbocycles. The van der Waals surface area contributed by atoms with E-state index in [0.717, 1.165) is 5.56 Å². The summed E-state index contributed by atoms with van der Waals surface area (Å²) in [6.07, 6.45) is 0. The van der Waals surface area contributed by atoms with Crippen LogP contribution in [0.4, 0.5) is 4.39 Å². The van der Waals surface area contributed by atoms with Crippen molar-refractivity contribution in [2.24, 2.45) is 0 Å². The molecule has 0 saturated heterocycles. The minimum absolute atomic E-state index is 0.147. The summed E-state index contributed by atoms with van der Waals surface area (Å²) in [6, 6.07) is 2.80. The maximum atomic E-state index is 12.5. The van der Waals surface area contributed by atoms with Gasteiger partial charge >= 0.3 is 5.97 Å². The number of aromatic nitrogens is 1. The van der Waals surface area contributed by atoms with E-state index in [0.29, 0.717) is 5.69 Å². The first-order chi connectivity index (χ1) is 6.09. The van der Waals surface area contributed by atoms with E-state index in [9.17, 15) is 9.18 Å². The lowest BCUT2D eigenvalue weighted by Crippen LogP contribution is -2.02. The molecule has 4 heteroatoms. The Bertz CT molecular complexity index is 325. The molecule has 0 atom stereocenters. The number of pyridine rings is 1. The number of ether oxygens (including phenoxy) is 1. The number of aryl methyl sites for hydroxylation is 1. The maximum Gasteiger partial charge on any atom is 0.302 e. The van der Waals surface area contributed by atoms with Gasteiger partial charge in [-0.2, -0.15) is 4.39 Å². The molecule has 3 nitrogen and oxygen atoms in total. The van der Waals surface area contributed by atoms with Crippen molar-refractivity contribution in [2.45, 2.75) is 20.5 Å². The predicted octanol–water partition coefficient (Wildman–Crippen LogP) is 1.59. The number of nitrogens with zero attached hydrogens (tertiary/aromatic N) is 1. The molecule has 0 bridgehead atoms. The Morgan fingerprint density at radius 2 is 2.31 bits per heavy atom. The molecule has 0 aromatic carbocycles. The summed E-state index contributed by atoms with van der Waals surface area (Å²) in [7, 11) is 0. The second-order valence-electron chi connectivity index (χ2n) is 2.66. The Morgan fingerprint density at radius 1 is 1.62 bits per heavy atom. The largest absolute Gasteiger partial charge is 0.461 e. The molecule has 0 aliphatic heterocycles. The second kappa shape index (κ2) is 3.98. The fraction of sp³-hybridized carbons (Fsp3) is 0.333. The summed E-state index contributed by atoms with van der Waals surface area (Å²) in [4.78, 5) is 14.1. The van der Waals surface area contributed by atoms with E-state index in [2.05, 4.69) is 4.98 Å². The molecule has 70 valence electrons. The van der Waals surface area contributed by atoms with Gasteiger partial charge in [-0.15, -0.1) is 0 Å². The Hall–Kier alpha value is -1.45. The first kappa shape index (κ1) is 9.64. The molecule has 0 spiro atoms. The summed E-state index contributed by atoms with van der Waals surface area (Å²) < 4.78 is 17.3. The Labute approximate surface area is 75.6 Å². The van der Waals surface area contributed by atoms with Crippen LogP contribution in [0.5, 0.6) is 0 Å². The average molecular weight is 183 g/mol. The summed E-state index contributed by atoms with van der Waals surface area (Å²) >= 11 is 0. The van der Waals surface area contributed by atoms with Gasteiger partial charge in [-0.3, -0.25) is 4.79 Å². The van der Waals surface area contributed by atoms with Gasteiger partial charge in [0, 0.05) is 18.2 Å². The van der Waals surface area contributed by atoms with Gasteiger partial charge < -0.3 is 4.74 Å². The minimum Gasteiger partial charge on any atom is -0.461 e. The highest BCUT2D eigenvalue weighted by Gasteiger charge is 2.02. The zero-order valence-corrected chi connectivity index (χ0v) is 7.50. The highest BCUT2D eigenvalue weighted by molar-refractivity contribution is 5.65. The first-order valence-electron chi connectivity index (χ1n) is 3.85. The van der Waals surface area contributed by atoms with Crippen molar-refractivity contribution in [1.29, 1.82) is 0 Å². The van der Waals surface area contributed by atoms with Crippen molar-refractivity contribution in [2.75, 3.05) is 0 Å². The zero-order valence-electron chi connectivity index (χ0n) is 7.50. The third kappa shape index (κ3) is 2.82. The lowest BCUT2D eigenvalue weighted by Gasteiger charge is -2.04. The van der Waals surface area contributed by atoms with Crippen LogP contribution in [0.3, 0.4) is 0 Å². The second-order valence-corrected chi connectivity index (χ2v) is 2.66. The number of hydrogen-bond acceptors (Lipinski definition) is 3. The highest BCUT2D eigenvalue weighted by Crippen LogP contribution is 2.07. The van der Waals surface area contributed by atoms with E-state index in [1.54, 1.807) is 13.0 Å². The van der Waals surface area contributed by atoms with E-state index in [1.165, 1.54) is 13.0 Å². The molecule has 1 aromatic heterocycles. The van der Waals surface area contributed by atoms with Gasteiger partial charge in [0.2, 0.25) is 5.95 Å². The van der Waals surface area contributed by atoms with Gasteiger partial charge in [-0.05, 0) is 19.1 Å². The number of halogens is 1. The van der Waals surface area contributed by atoms with Crippen molar-refractivity contribution < 1.29 is 13.9 Å². The Kier molecular flexibility index (Phi) is 2.95. The van der Waals surface area contributed by atoms with Gasteiger partial charge in [0.15, 0.2) is 0 Å². The summed E-state index contributed by atoms with van der Waals surface area (Å²) in [5.74, 6) is -0.882. The van der Waals surface area contributed by atoms with Crippen molar-refractivity contribution in [1.82, 2.24) is 4.98 Å². The normalized spacial score (nSPS) is 9.77. The molecule has 0 amide bonds. The average Bonchev–Trinajstić information content (AvgIpc) is 2.02. The molecule has 0 saturated carbocycles.